The van der Waals surface area contributed by atoms with Crippen molar-refractivity contribution in [3.8, 4) is 0 Å². The molecule has 8 nitrogen and oxygen atoms in total. The summed E-state index contributed by atoms with van der Waals surface area (Å²) in [6, 6.07) is 2.74. The lowest BCUT2D eigenvalue weighted by Gasteiger charge is -2.46. The third kappa shape index (κ3) is 4.03. The van der Waals surface area contributed by atoms with Gasteiger partial charge in [-0.2, -0.15) is 22.5 Å². The van der Waals surface area contributed by atoms with Crippen molar-refractivity contribution in [1.29, 1.82) is 0 Å². The van der Waals surface area contributed by atoms with Crippen LogP contribution in [-0.2, 0) is 10.0 Å². The number of halogens is 4. The van der Waals surface area contributed by atoms with Crippen LogP contribution in [-0.4, -0.2) is 45.5 Å². The molecular formula is C23H18F4N4O4PS+. The number of rotatable bonds is 4. The summed E-state index contributed by atoms with van der Waals surface area (Å²) < 4.78 is 89.4. The van der Waals surface area contributed by atoms with Crippen molar-refractivity contribution in [1.82, 2.24) is 13.4 Å². The maximum Gasteiger partial charge on any atom is 0.494 e. The molecule has 0 spiro atoms. The van der Waals surface area contributed by atoms with Crippen LogP contribution in [0.4, 0.5) is 23.1 Å². The van der Waals surface area contributed by atoms with Crippen molar-refractivity contribution in [3.63, 3.8) is 0 Å². The van der Waals surface area contributed by atoms with Gasteiger partial charge in [-0.1, -0.05) is 36.5 Å². The zero-order valence-corrected chi connectivity index (χ0v) is 20.4. The van der Waals surface area contributed by atoms with E-state index < -0.39 is 45.7 Å². The highest BCUT2D eigenvalue weighted by atomic mass is 32.2. The quantitative estimate of drug-likeness (QED) is 0.206. The minimum absolute atomic E-state index is 0.0998. The van der Waals surface area contributed by atoms with Crippen molar-refractivity contribution in [2.75, 3.05) is 6.54 Å². The monoisotopic (exact) mass is 553 g/mol. The van der Waals surface area contributed by atoms with E-state index in [2.05, 4.69) is 0 Å². The highest BCUT2D eigenvalue weighted by Gasteiger charge is 2.70. The highest BCUT2D eigenvalue weighted by molar-refractivity contribution is 7.96. The van der Waals surface area contributed by atoms with Gasteiger partial charge in [0.05, 0.1) is 33.8 Å². The van der Waals surface area contributed by atoms with Crippen molar-refractivity contribution >= 4 is 23.7 Å². The maximum atomic E-state index is 17.8. The standard InChI is InChI=1S/C23H18F4N4O4PS/c24-23(25,26)17-8-13-21-20-6-2-3-7-22(20)31(36(27,29(21)16-17)28-14-4-1-5-15-28)37(34,35)19-11-9-18(10-12-19)30(32)33/h1-14,16,22H,15H2/q+1. The lowest BCUT2D eigenvalue weighted by molar-refractivity contribution is -0.384. The molecule has 0 saturated carbocycles. The van der Waals surface area contributed by atoms with Crippen molar-refractivity contribution in [2.24, 2.45) is 0 Å². The maximum absolute atomic E-state index is 17.8. The molecule has 5 rings (SSSR count). The zero-order chi connectivity index (χ0) is 26.6. The Morgan fingerprint density at radius 1 is 1.03 bits per heavy atom. The molecule has 0 radical (unpaired) electrons. The molecule has 1 aromatic carbocycles. The summed E-state index contributed by atoms with van der Waals surface area (Å²) in [6.07, 6.45) is 9.79. The molecular weight excluding hydrogens is 535 g/mol. The van der Waals surface area contributed by atoms with E-state index in [1.807, 2.05) is 0 Å². The topological polar surface area (TPSA) is 87.0 Å². The van der Waals surface area contributed by atoms with Crippen molar-refractivity contribution in [2.45, 2.75) is 17.1 Å². The van der Waals surface area contributed by atoms with Crippen LogP contribution in [0.15, 0.2) is 113 Å². The molecule has 3 aliphatic heterocycles. The van der Waals surface area contributed by atoms with E-state index in [9.17, 15) is 31.7 Å². The van der Waals surface area contributed by atoms with Gasteiger partial charge < -0.3 is 0 Å². The molecule has 0 saturated heterocycles. The molecule has 2 atom stereocenters. The Morgan fingerprint density at radius 3 is 2.38 bits per heavy atom. The Morgan fingerprint density at radius 2 is 1.76 bits per heavy atom. The fourth-order valence-electron chi connectivity index (χ4n) is 4.33. The van der Waals surface area contributed by atoms with Gasteiger partial charge in [0.2, 0.25) is 0 Å². The van der Waals surface area contributed by atoms with E-state index in [4.69, 9.17) is 0 Å². The Hall–Kier alpha value is -3.54. The first-order valence-corrected chi connectivity index (χ1v) is 13.8. The normalized spacial score (nSPS) is 25.3. The average molecular weight is 553 g/mol. The fourth-order valence-corrected chi connectivity index (χ4v) is 9.86. The number of sulfonamides is 1. The summed E-state index contributed by atoms with van der Waals surface area (Å²) >= 11 is 0. The molecule has 3 heterocycles. The number of hydrogen-bond donors (Lipinski definition) is 0. The molecule has 0 fully saturated rings. The smallest absolute Gasteiger partial charge is 0.258 e. The van der Waals surface area contributed by atoms with E-state index in [0.717, 1.165) is 45.8 Å². The fraction of sp³-hybridized carbons (Fsp3) is 0.130. The van der Waals surface area contributed by atoms with Gasteiger partial charge in [-0.25, -0.2) is 8.42 Å². The minimum atomic E-state index is -4.83. The SMILES string of the molecule is O=[N+]([O-])c1ccc(S(=O)(=O)N2C3C=CC=CC3=C3C=CC(C(F)(F)F)=CN3[P+]2(F)N2C=CC=CC2)cc1. The molecule has 0 N–H and O–H groups in total. The lowest BCUT2D eigenvalue weighted by Crippen LogP contribution is -2.51. The van der Waals surface area contributed by atoms with Gasteiger partial charge in [-0.3, -0.25) is 10.1 Å². The molecule has 0 aromatic heterocycles. The highest BCUT2D eigenvalue weighted by Crippen LogP contribution is 2.76. The molecule has 2 unspecified atom stereocenters. The average Bonchev–Trinajstić information content (AvgIpc) is 2.88. The van der Waals surface area contributed by atoms with E-state index in [0.29, 0.717) is 10.3 Å². The summed E-state index contributed by atoms with van der Waals surface area (Å²) in [5.41, 5.74) is -1.12. The van der Waals surface area contributed by atoms with Crippen LogP contribution in [0.25, 0.3) is 0 Å². The largest absolute Gasteiger partial charge is 0.494 e. The van der Waals surface area contributed by atoms with Crippen LogP contribution >= 0.6 is 8.03 Å². The second-order valence-corrected chi connectivity index (χ2v) is 12.7. The van der Waals surface area contributed by atoms with Gasteiger partial charge in [0, 0.05) is 32.2 Å². The van der Waals surface area contributed by atoms with E-state index in [1.165, 1.54) is 30.5 Å². The summed E-state index contributed by atoms with van der Waals surface area (Å²) in [7, 11) is -9.57. The van der Waals surface area contributed by atoms with Crippen molar-refractivity contribution in [3.05, 3.63) is 118 Å². The molecule has 4 aliphatic rings. The number of nitrogens with zero attached hydrogens (tertiary/aromatic N) is 4. The number of hydrogen-bond acceptors (Lipinski definition) is 6. The molecule has 1 aliphatic carbocycles. The molecule has 0 bridgehead atoms. The Bertz CT molecular complexity index is 1480. The van der Waals surface area contributed by atoms with Gasteiger partial charge in [0.1, 0.15) is 6.04 Å². The first-order chi connectivity index (χ1) is 17.5. The number of non-ortho nitro benzene ring substituents is 1. The zero-order valence-electron chi connectivity index (χ0n) is 18.7. The van der Waals surface area contributed by atoms with Gasteiger partial charge in [0.25, 0.3) is 15.7 Å². The Balaban J connectivity index is 1.77. The third-order valence-electron chi connectivity index (χ3n) is 6.03. The summed E-state index contributed by atoms with van der Waals surface area (Å²) in [5, 5.41) is 11.1. The predicted molar refractivity (Wildman–Crippen MR) is 129 cm³/mol. The number of nitro benzene ring substituents is 1. The van der Waals surface area contributed by atoms with Gasteiger partial charge in [-0.05, 0) is 30.4 Å². The number of allylic oxidation sites excluding steroid dienone is 7. The molecule has 37 heavy (non-hydrogen) atoms. The van der Waals surface area contributed by atoms with Crippen LogP contribution < -0.4 is 0 Å². The van der Waals surface area contributed by atoms with Gasteiger partial charge >= 0.3 is 14.2 Å². The number of nitro groups is 1. The summed E-state index contributed by atoms with van der Waals surface area (Å²) in [5.74, 6) is 0. The van der Waals surface area contributed by atoms with E-state index >= 15 is 4.20 Å². The molecule has 192 valence electrons. The number of benzene rings is 1. The Labute approximate surface area is 210 Å². The van der Waals surface area contributed by atoms with Crippen LogP contribution in [0.2, 0.25) is 0 Å². The van der Waals surface area contributed by atoms with E-state index in [1.54, 1.807) is 18.2 Å². The Kier molecular flexibility index (Phi) is 5.97. The van der Waals surface area contributed by atoms with Gasteiger partial charge in [-0.15, -0.1) is 0 Å². The predicted octanol–water partition coefficient (Wildman–Crippen LogP) is 5.70. The second kappa shape index (κ2) is 8.79. The first kappa shape index (κ1) is 25.1. The molecule has 0 amide bonds. The summed E-state index contributed by atoms with van der Waals surface area (Å²) in [4.78, 5) is 9.92. The number of fused-ring (bicyclic) bond motifs is 2. The van der Waals surface area contributed by atoms with Crippen LogP contribution in [0.1, 0.15) is 0 Å². The molecule has 14 heteroatoms. The minimum Gasteiger partial charge on any atom is -0.258 e. The lowest BCUT2D eigenvalue weighted by atomic mass is 9.98. The second-order valence-electron chi connectivity index (χ2n) is 8.20. The van der Waals surface area contributed by atoms with Crippen LogP contribution in [0.3, 0.4) is 0 Å². The number of alkyl halides is 3. The first-order valence-electron chi connectivity index (χ1n) is 10.8. The molecule has 1 aromatic rings. The third-order valence-corrected chi connectivity index (χ3v) is 11.5. The van der Waals surface area contributed by atoms with E-state index in [-0.39, 0.29) is 23.5 Å². The van der Waals surface area contributed by atoms with Gasteiger partial charge in [0.15, 0.2) is 0 Å². The van der Waals surface area contributed by atoms with Crippen LogP contribution in [0, 0.1) is 10.1 Å². The van der Waals surface area contributed by atoms with Crippen LogP contribution in [0.5, 0.6) is 0 Å². The van der Waals surface area contributed by atoms with Crippen molar-refractivity contribution < 1.29 is 30.7 Å². The summed E-state index contributed by atoms with van der Waals surface area (Å²) in [6.45, 7) is -0.0998.